The number of amides is 1. The first-order valence-electron chi connectivity index (χ1n) is 8.89. The molecule has 2 aromatic rings. The summed E-state index contributed by atoms with van der Waals surface area (Å²) >= 11 is 1.04. The second-order valence-electron chi connectivity index (χ2n) is 6.64. The third kappa shape index (κ3) is 4.92. The normalized spacial score (nSPS) is 15.7. The second-order valence-corrected chi connectivity index (χ2v) is 7.53. The average molecular weight is 448 g/mol. The molecule has 0 saturated heterocycles. The lowest BCUT2D eigenvalue weighted by atomic mass is 9.72. The maximum atomic E-state index is 12.5. The zero-order chi connectivity index (χ0) is 22.7. The molecular formula is C17H17BN4O8S. The Labute approximate surface area is 179 Å². The predicted molar refractivity (Wildman–Crippen MR) is 108 cm³/mol. The smallest absolute Gasteiger partial charge is 0.534 e. The molecule has 1 atom stereocenters. The highest BCUT2D eigenvalue weighted by molar-refractivity contribution is 7.13. The van der Waals surface area contributed by atoms with E-state index in [0.29, 0.717) is 11.1 Å². The highest BCUT2D eigenvalue weighted by Crippen LogP contribution is 2.32. The zero-order valence-electron chi connectivity index (χ0n) is 15.8. The first-order valence-corrected chi connectivity index (χ1v) is 9.77. The van der Waals surface area contributed by atoms with Crippen LogP contribution < -0.4 is 15.7 Å². The van der Waals surface area contributed by atoms with E-state index in [1.165, 1.54) is 11.4 Å². The molecule has 0 saturated carbocycles. The minimum atomic E-state index is -1.58. The molecule has 0 unspecified atom stereocenters. The number of rotatable bonds is 7. The van der Waals surface area contributed by atoms with Gasteiger partial charge in [-0.15, -0.1) is 11.3 Å². The number of benzene rings is 1. The largest absolute Gasteiger partial charge is 0.547 e. The van der Waals surface area contributed by atoms with Gasteiger partial charge in [-0.25, -0.2) is 9.78 Å². The number of oxime groups is 1. The van der Waals surface area contributed by atoms with Crippen LogP contribution >= 0.6 is 11.3 Å². The lowest BCUT2D eigenvalue weighted by Gasteiger charge is -2.29. The number of nitrogens with two attached hydrogens (primary N) is 1. The van der Waals surface area contributed by atoms with Crippen LogP contribution in [0, 0.1) is 0 Å². The van der Waals surface area contributed by atoms with Crippen LogP contribution in [0.4, 0.5) is 5.13 Å². The molecule has 3 rings (SSSR count). The molecule has 1 aromatic heterocycles. The van der Waals surface area contributed by atoms with Crippen molar-refractivity contribution in [1.82, 2.24) is 10.3 Å². The third-order valence-electron chi connectivity index (χ3n) is 4.50. The Morgan fingerprint density at radius 2 is 2.10 bits per heavy atom. The van der Waals surface area contributed by atoms with Gasteiger partial charge in [-0.2, -0.15) is 0 Å². The van der Waals surface area contributed by atoms with Gasteiger partial charge in [0.2, 0.25) is 0 Å². The van der Waals surface area contributed by atoms with Crippen molar-refractivity contribution in [2.45, 2.75) is 25.2 Å². The first kappa shape index (κ1) is 22.0. The number of nitrogens with zero attached hydrogens (tertiary/aromatic N) is 2. The van der Waals surface area contributed by atoms with Crippen molar-refractivity contribution in [3.05, 3.63) is 39.9 Å². The van der Waals surface area contributed by atoms with Gasteiger partial charge in [-0.05, 0) is 30.0 Å². The number of aromatic nitrogens is 1. The maximum Gasteiger partial charge on any atom is 0.547 e. The Morgan fingerprint density at radius 1 is 1.35 bits per heavy atom. The fourth-order valence-electron chi connectivity index (χ4n) is 3.11. The molecule has 1 aromatic carbocycles. The Kier molecular flexibility index (Phi) is 6.41. The van der Waals surface area contributed by atoms with E-state index in [2.05, 4.69) is 15.5 Å². The molecule has 2 heterocycles. The van der Waals surface area contributed by atoms with Crippen molar-refractivity contribution in [1.29, 1.82) is 0 Å². The molecule has 12 nitrogen and oxygen atoms in total. The number of thiazole rings is 1. The quantitative estimate of drug-likeness (QED) is 0.142. The Balaban J connectivity index is 1.84. The van der Waals surface area contributed by atoms with Crippen molar-refractivity contribution in [3.63, 3.8) is 0 Å². The number of hydrogen-bond donors (Lipinski definition) is 6. The monoisotopic (exact) mass is 448 g/mol. The van der Waals surface area contributed by atoms with Gasteiger partial charge in [-0.3, -0.25) is 9.59 Å². The van der Waals surface area contributed by atoms with Crippen LogP contribution in [-0.4, -0.2) is 62.0 Å². The topological polar surface area (TPSA) is 205 Å². The summed E-state index contributed by atoms with van der Waals surface area (Å²) in [4.78, 5) is 38.8. The van der Waals surface area contributed by atoms with Crippen LogP contribution in [-0.2, 0) is 22.4 Å². The van der Waals surface area contributed by atoms with Crippen LogP contribution in [0.15, 0.2) is 22.7 Å². The van der Waals surface area contributed by atoms with E-state index in [-0.39, 0.29) is 41.4 Å². The third-order valence-corrected chi connectivity index (χ3v) is 5.18. The number of nitrogens with one attached hydrogen (secondary N) is 1. The zero-order valence-corrected chi connectivity index (χ0v) is 16.6. The number of carbonyl (C=O) groups excluding carboxylic acids is 1. The Hall–Kier alpha value is -3.65. The van der Waals surface area contributed by atoms with Crippen LogP contribution in [0.3, 0.4) is 0 Å². The summed E-state index contributed by atoms with van der Waals surface area (Å²) in [5.41, 5.74) is 5.74. The van der Waals surface area contributed by atoms with Crippen LogP contribution in [0.5, 0.6) is 5.75 Å². The van der Waals surface area contributed by atoms with Crippen LogP contribution in [0.1, 0.15) is 33.6 Å². The van der Waals surface area contributed by atoms with E-state index in [1.807, 2.05) is 0 Å². The molecular weight excluding hydrogens is 431 g/mol. The predicted octanol–water partition coefficient (Wildman–Crippen LogP) is -0.241. The van der Waals surface area contributed by atoms with E-state index in [4.69, 9.17) is 15.5 Å². The van der Waals surface area contributed by atoms with Crippen molar-refractivity contribution in [2.24, 2.45) is 5.16 Å². The number of aromatic carboxylic acids is 1. The number of hydrogen-bond acceptors (Lipinski definition) is 10. The van der Waals surface area contributed by atoms with E-state index in [9.17, 15) is 29.7 Å². The highest BCUT2D eigenvalue weighted by atomic mass is 32.1. The lowest BCUT2D eigenvalue weighted by Crippen LogP contribution is -2.54. The standard InChI is InChI=1S/C17H17BN4O8S/c19-17-20-10(6-31-17)13(22-29)15(25)21-11-5-8-3-7(1-2-12(23)24)4-9(16(26)27)14(8)30-18(11)28/h3-4,6,11,28-29H,1-2,5H2,(H2,19,20)(H,21,25)(H,23,24)(H,26,27)/b22-13-/t11-/m0/s1. The number of carboxylic acids is 2. The number of nitrogen functional groups attached to an aromatic ring is 1. The van der Waals surface area contributed by atoms with Gasteiger partial charge < -0.3 is 36.1 Å². The van der Waals surface area contributed by atoms with Gasteiger partial charge in [0.15, 0.2) is 10.8 Å². The molecule has 7 N–H and O–H groups in total. The van der Waals surface area contributed by atoms with Gasteiger partial charge in [0.1, 0.15) is 17.0 Å². The number of carboxylic acid groups (broad SMARTS) is 2. The summed E-state index contributed by atoms with van der Waals surface area (Å²) < 4.78 is 5.35. The molecule has 1 amide bonds. The van der Waals surface area contributed by atoms with E-state index >= 15 is 0 Å². The second kappa shape index (κ2) is 9.01. The average Bonchev–Trinajstić information content (AvgIpc) is 3.12. The van der Waals surface area contributed by atoms with Crippen molar-refractivity contribution >= 4 is 47.1 Å². The van der Waals surface area contributed by atoms with Crippen molar-refractivity contribution in [2.75, 3.05) is 5.73 Å². The summed E-state index contributed by atoms with van der Waals surface area (Å²) in [7, 11) is -1.58. The summed E-state index contributed by atoms with van der Waals surface area (Å²) in [6.45, 7) is 0. The van der Waals surface area contributed by atoms with Gasteiger partial charge in [0.25, 0.3) is 5.91 Å². The SMILES string of the molecule is Nc1nc(/C(=N/O)C(=O)N[C@H]2Cc3cc(CCC(=O)O)cc(C(=O)O)c3OB2O)cs1. The molecule has 0 spiro atoms. The van der Waals surface area contributed by atoms with Gasteiger partial charge in [0.05, 0.1) is 5.94 Å². The number of anilines is 1. The lowest BCUT2D eigenvalue weighted by molar-refractivity contribution is -0.137. The summed E-state index contributed by atoms with van der Waals surface area (Å²) in [5.74, 6) is -4.27. The van der Waals surface area contributed by atoms with Crippen molar-refractivity contribution < 1.29 is 39.5 Å². The summed E-state index contributed by atoms with van der Waals surface area (Å²) in [6.07, 6.45) is -0.120. The molecule has 0 fully saturated rings. The van der Waals surface area contributed by atoms with Gasteiger partial charge in [-0.1, -0.05) is 11.2 Å². The molecule has 1 aliphatic heterocycles. The van der Waals surface area contributed by atoms with E-state index in [1.54, 1.807) is 6.07 Å². The molecule has 31 heavy (non-hydrogen) atoms. The van der Waals surface area contributed by atoms with Crippen LogP contribution in [0.25, 0.3) is 0 Å². The highest BCUT2D eigenvalue weighted by Gasteiger charge is 2.39. The Morgan fingerprint density at radius 3 is 2.68 bits per heavy atom. The molecule has 162 valence electrons. The molecule has 0 radical (unpaired) electrons. The molecule has 1 aliphatic rings. The van der Waals surface area contributed by atoms with E-state index in [0.717, 1.165) is 11.3 Å². The van der Waals surface area contributed by atoms with Gasteiger partial charge >= 0.3 is 19.1 Å². The molecule has 14 heteroatoms. The Bertz CT molecular complexity index is 1070. The molecule has 0 aliphatic carbocycles. The first-order chi connectivity index (χ1) is 14.7. The number of carbonyl (C=O) groups is 3. The summed E-state index contributed by atoms with van der Waals surface area (Å²) in [6, 6.07) is 2.86. The minimum absolute atomic E-state index is 0.0126. The maximum absolute atomic E-state index is 12.5. The molecule has 0 bridgehead atoms. The number of aryl methyl sites for hydroxylation is 1. The number of aliphatic carboxylic acids is 1. The minimum Gasteiger partial charge on any atom is -0.534 e. The van der Waals surface area contributed by atoms with Crippen LogP contribution in [0.2, 0.25) is 0 Å². The number of fused-ring (bicyclic) bond motifs is 1. The summed E-state index contributed by atoms with van der Waals surface area (Å²) in [5, 5.41) is 44.8. The fraction of sp³-hybridized carbons (Fsp3) is 0.235. The van der Waals surface area contributed by atoms with Crippen molar-refractivity contribution in [3.8, 4) is 5.75 Å². The van der Waals surface area contributed by atoms with E-state index < -0.39 is 36.6 Å². The fourth-order valence-corrected chi connectivity index (χ4v) is 3.66. The van der Waals surface area contributed by atoms with Gasteiger partial charge in [0, 0.05) is 11.8 Å².